The molecule has 0 radical (unpaired) electrons. The molecule has 4 nitrogen and oxygen atoms in total. The topological polar surface area (TPSA) is 34.5 Å². The standard InChI is InChI=1S/C30H49FN2O2S/c1-19(2)25-18-33(36(20(3)4,21(5)6)22(7)8)26-13-12-24(28(31)27(25)26)23-14-16-32(17-15-23)29(34)35-30(9,10)11/h12-13,18-23H,14-17H2,1-11H3. The van der Waals surface area contributed by atoms with E-state index in [-0.39, 0.29) is 23.7 Å². The van der Waals surface area contributed by atoms with Crippen LogP contribution < -0.4 is 0 Å². The van der Waals surface area contributed by atoms with Gasteiger partial charge in [-0.15, -0.1) is 0 Å². The van der Waals surface area contributed by atoms with Crippen LogP contribution in [0.3, 0.4) is 0 Å². The lowest BCUT2D eigenvalue weighted by Crippen LogP contribution is -2.41. The van der Waals surface area contributed by atoms with Gasteiger partial charge in [0.15, 0.2) is 0 Å². The zero-order valence-electron chi connectivity index (χ0n) is 24.4. The first-order valence-corrected chi connectivity index (χ1v) is 15.5. The molecule has 0 atom stereocenters. The van der Waals surface area contributed by atoms with Crippen molar-refractivity contribution in [2.75, 3.05) is 13.1 Å². The number of carbonyl (C=O) groups is 1. The Kier molecular flexibility index (Phi) is 8.49. The molecule has 0 N–H and O–H groups in total. The summed E-state index contributed by atoms with van der Waals surface area (Å²) in [5, 5.41) is 2.24. The van der Waals surface area contributed by atoms with Crippen LogP contribution in [0.5, 0.6) is 0 Å². The molecule has 0 spiro atoms. The summed E-state index contributed by atoms with van der Waals surface area (Å²) in [5.74, 6) is 0.278. The summed E-state index contributed by atoms with van der Waals surface area (Å²) in [7, 11) is -1.26. The van der Waals surface area contributed by atoms with Crippen LogP contribution in [0.4, 0.5) is 9.18 Å². The van der Waals surface area contributed by atoms with Gasteiger partial charge in [-0.3, -0.25) is 0 Å². The Labute approximate surface area is 220 Å². The molecule has 1 amide bonds. The van der Waals surface area contributed by atoms with Crippen LogP contribution in [-0.4, -0.2) is 49.4 Å². The molecule has 6 heteroatoms. The van der Waals surface area contributed by atoms with E-state index in [1.165, 1.54) is 0 Å². The van der Waals surface area contributed by atoms with E-state index in [1.54, 1.807) is 4.90 Å². The summed E-state index contributed by atoms with van der Waals surface area (Å²) in [5.41, 5.74) is 2.43. The maximum Gasteiger partial charge on any atom is 0.410 e. The number of hydrogen-bond donors (Lipinski definition) is 0. The van der Waals surface area contributed by atoms with Crippen molar-refractivity contribution in [1.82, 2.24) is 8.87 Å². The molecule has 36 heavy (non-hydrogen) atoms. The van der Waals surface area contributed by atoms with Crippen molar-refractivity contribution >= 4 is 27.2 Å². The van der Waals surface area contributed by atoms with E-state index in [1.807, 2.05) is 26.8 Å². The molecule has 0 bridgehead atoms. The Morgan fingerprint density at radius 2 is 1.50 bits per heavy atom. The fourth-order valence-electron chi connectivity index (χ4n) is 6.33. The van der Waals surface area contributed by atoms with Crippen molar-refractivity contribution in [1.29, 1.82) is 0 Å². The number of benzene rings is 1. The summed E-state index contributed by atoms with van der Waals surface area (Å²) in [6, 6.07) is 4.20. The van der Waals surface area contributed by atoms with E-state index >= 15 is 4.39 Å². The second-order valence-corrected chi connectivity index (χ2v) is 17.2. The molecule has 1 aliphatic heterocycles. The molecule has 2 heterocycles. The van der Waals surface area contributed by atoms with E-state index in [2.05, 4.69) is 71.6 Å². The minimum atomic E-state index is -1.26. The number of aromatic nitrogens is 1. The molecular formula is C30H49FN2O2S. The van der Waals surface area contributed by atoms with Crippen molar-refractivity contribution < 1.29 is 13.9 Å². The third kappa shape index (κ3) is 5.16. The highest BCUT2D eigenvalue weighted by molar-refractivity contribution is 8.33. The molecule has 0 aliphatic carbocycles. The van der Waals surface area contributed by atoms with Crippen LogP contribution in [0.2, 0.25) is 0 Å². The van der Waals surface area contributed by atoms with Gasteiger partial charge in [0.25, 0.3) is 0 Å². The Morgan fingerprint density at radius 3 is 1.94 bits per heavy atom. The normalized spacial score (nSPS) is 16.7. The zero-order chi connectivity index (χ0) is 27.2. The fraction of sp³-hybridized carbons (Fsp3) is 0.700. The molecule has 0 saturated carbocycles. The van der Waals surface area contributed by atoms with Gasteiger partial charge in [0, 0.05) is 40.4 Å². The van der Waals surface area contributed by atoms with Crippen LogP contribution in [0.15, 0.2) is 18.3 Å². The number of piperidine rings is 1. The summed E-state index contributed by atoms with van der Waals surface area (Å²) < 4.78 is 24.5. The Morgan fingerprint density at radius 1 is 0.972 bits per heavy atom. The maximum atomic E-state index is 16.4. The highest BCUT2D eigenvalue weighted by Crippen LogP contribution is 2.63. The predicted molar refractivity (Wildman–Crippen MR) is 154 cm³/mol. The van der Waals surface area contributed by atoms with Crippen molar-refractivity contribution in [3.8, 4) is 0 Å². The monoisotopic (exact) mass is 520 g/mol. The van der Waals surface area contributed by atoms with Crippen molar-refractivity contribution in [2.24, 2.45) is 0 Å². The van der Waals surface area contributed by atoms with Crippen LogP contribution >= 0.6 is 10.2 Å². The quantitative estimate of drug-likeness (QED) is 0.381. The molecule has 1 aliphatic rings. The number of amides is 1. The average Bonchev–Trinajstić information content (AvgIpc) is 3.13. The molecule has 1 saturated heterocycles. The lowest BCUT2D eigenvalue weighted by atomic mass is 9.87. The minimum Gasteiger partial charge on any atom is -0.444 e. The number of hydrogen-bond acceptors (Lipinski definition) is 2. The molecule has 1 fully saturated rings. The van der Waals surface area contributed by atoms with Gasteiger partial charge in [0.05, 0.1) is 5.52 Å². The van der Waals surface area contributed by atoms with Gasteiger partial charge in [-0.1, -0.05) is 61.5 Å². The summed E-state index contributed by atoms with van der Waals surface area (Å²) in [6.07, 6.45) is 3.51. The highest BCUT2D eigenvalue weighted by atomic mass is 32.3. The Bertz CT molecular complexity index is 1050. The number of nitrogens with zero attached hydrogens (tertiary/aromatic N) is 2. The smallest absolute Gasteiger partial charge is 0.410 e. The van der Waals surface area contributed by atoms with Crippen molar-refractivity contribution in [3.05, 3.63) is 35.3 Å². The van der Waals surface area contributed by atoms with Crippen LogP contribution in [0, 0.1) is 5.82 Å². The first-order valence-electron chi connectivity index (χ1n) is 13.7. The first-order chi connectivity index (χ1) is 16.6. The minimum absolute atomic E-state index is 0.0600. The summed E-state index contributed by atoms with van der Waals surface area (Å²) >= 11 is 0. The van der Waals surface area contributed by atoms with E-state index in [0.717, 1.165) is 34.9 Å². The number of halogens is 1. The largest absolute Gasteiger partial charge is 0.444 e. The predicted octanol–water partition coefficient (Wildman–Crippen LogP) is 8.81. The van der Waals surface area contributed by atoms with Gasteiger partial charge in [0.1, 0.15) is 11.4 Å². The number of carbonyl (C=O) groups excluding carboxylic acids is 1. The lowest BCUT2D eigenvalue weighted by Gasteiger charge is -2.52. The second kappa shape index (κ2) is 10.6. The zero-order valence-corrected chi connectivity index (χ0v) is 25.3. The number of fused-ring (bicyclic) bond motifs is 1. The SMILES string of the molecule is CC(C)c1cn(S(C(C)C)(C(C)C)C(C)C)c2ccc(C3CCN(C(=O)OC(C)(C)C)CC3)c(F)c12. The van der Waals surface area contributed by atoms with Gasteiger partial charge in [-0.25, -0.2) is 9.18 Å². The number of likely N-dealkylation sites (tertiary alicyclic amines) is 1. The van der Waals surface area contributed by atoms with Crippen LogP contribution in [-0.2, 0) is 4.74 Å². The van der Waals surface area contributed by atoms with Gasteiger partial charge < -0.3 is 13.6 Å². The molecular weight excluding hydrogens is 471 g/mol. The van der Waals surface area contributed by atoms with E-state index in [0.29, 0.717) is 28.8 Å². The molecule has 0 unspecified atom stereocenters. The summed E-state index contributed by atoms with van der Waals surface area (Å²) in [6.45, 7) is 25.2. The lowest BCUT2D eigenvalue weighted by molar-refractivity contribution is 0.0204. The van der Waals surface area contributed by atoms with E-state index in [9.17, 15) is 4.79 Å². The van der Waals surface area contributed by atoms with Gasteiger partial charge in [-0.05, 0) is 62.6 Å². The van der Waals surface area contributed by atoms with Crippen LogP contribution in [0.1, 0.15) is 112 Å². The highest BCUT2D eigenvalue weighted by Gasteiger charge is 2.39. The summed E-state index contributed by atoms with van der Waals surface area (Å²) in [4.78, 5) is 14.3. The average molecular weight is 521 g/mol. The number of rotatable bonds is 6. The number of ether oxygens (including phenoxy) is 1. The molecule has 3 rings (SSSR count). The second-order valence-electron chi connectivity index (χ2n) is 12.5. The third-order valence-corrected chi connectivity index (χ3v) is 13.3. The third-order valence-electron chi connectivity index (χ3n) is 7.75. The molecule has 204 valence electrons. The van der Waals surface area contributed by atoms with Gasteiger partial charge in [0.2, 0.25) is 0 Å². The maximum absolute atomic E-state index is 16.4. The Balaban J connectivity index is 2.04. The van der Waals surface area contributed by atoms with E-state index < -0.39 is 15.8 Å². The molecule has 1 aromatic carbocycles. The Hall–Kier alpha value is -1.69. The van der Waals surface area contributed by atoms with Gasteiger partial charge >= 0.3 is 6.09 Å². The van der Waals surface area contributed by atoms with Crippen LogP contribution in [0.25, 0.3) is 10.9 Å². The van der Waals surface area contributed by atoms with Gasteiger partial charge in [-0.2, -0.15) is 10.2 Å². The van der Waals surface area contributed by atoms with E-state index in [4.69, 9.17) is 4.74 Å². The fourth-order valence-corrected chi connectivity index (χ4v) is 11.7. The van der Waals surface area contributed by atoms with Crippen molar-refractivity contribution in [3.63, 3.8) is 0 Å². The molecule has 2 aromatic rings. The molecule has 1 aromatic heterocycles. The first kappa shape index (κ1) is 28.9. The van der Waals surface area contributed by atoms with Crippen molar-refractivity contribution in [2.45, 2.75) is 122 Å².